The lowest BCUT2D eigenvalue weighted by molar-refractivity contribution is 0.142. The maximum atomic E-state index is 10.4. The molecule has 26 heavy (non-hydrogen) atoms. The van der Waals surface area contributed by atoms with Crippen molar-refractivity contribution < 1.29 is 5.11 Å². The third-order valence-electron chi connectivity index (χ3n) is 4.25. The Morgan fingerprint density at radius 3 is 2.04 bits per heavy atom. The van der Waals surface area contributed by atoms with Crippen LogP contribution >= 0.6 is 0 Å². The van der Waals surface area contributed by atoms with Crippen LogP contribution in [0.3, 0.4) is 0 Å². The van der Waals surface area contributed by atoms with E-state index < -0.39 is 6.10 Å². The SMILES string of the molecule is C=C(Nc1ccc(C#Cc2ccccc2)cc1)C(C)C(O)C(=C)N(C)C. The van der Waals surface area contributed by atoms with Crippen molar-refractivity contribution >= 4 is 5.69 Å². The van der Waals surface area contributed by atoms with E-state index in [4.69, 9.17) is 0 Å². The quantitative estimate of drug-likeness (QED) is 0.774. The largest absolute Gasteiger partial charge is 0.386 e. The molecule has 0 radical (unpaired) electrons. The van der Waals surface area contributed by atoms with Crippen molar-refractivity contribution in [1.29, 1.82) is 0 Å². The van der Waals surface area contributed by atoms with Gasteiger partial charge in [-0.2, -0.15) is 0 Å². The average molecular weight is 346 g/mol. The molecule has 134 valence electrons. The Balaban J connectivity index is 1.99. The second-order valence-electron chi connectivity index (χ2n) is 6.46. The van der Waals surface area contributed by atoms with Crippen LogP contribution in [0.5, 0.6) is 0 Å². The van der Waals surface area contributed by atoms with Gasteiger partial charge in [0.05, 0.1) is 0 Å². The molecule has 2 rings (SSSR count). The summed E-state index contributed by atoms with van der Waals surface area (Å²) in [7, 11) is 3.73. The molecule has 0 fully saturated rings. The number of hydrogen-bond acceptors (Lipinski definition) is 3. The van der Waals surface area contributed by atoms with Crippen LogP contribution in [0.25, 0.3) is 0 Å². The molecular formula is C23H26N2O. The fraction of sp³-hybridized carbons (Fsp3) is 0.217. The number of aliphatic hydroxyl groups is 1. The van der Waals surface area contributed by atoms with Gasteiger partial charge in [-0.1, -0.05) is 50.1 Å². The molecule has 0 aliphatic carbocycles. The molecule has 2 aromatic carbocycles. The van der Waals surface area contributed by atoms with Gasteiger partial charge in [0, 0.05) is 48.2 Å². The van der Waals surface area contributed by atoms with Crippen LogP contribution in [-0.2, 0) is 0 Å². The van der Waals surface area contributed by atoms with Crippen molar-refractivity contribution in [2.45, 2.75) is 13.0 Å². The van der Waals surface area contributed by atoms with Crippen molar-refractivity contribution in [3.05, 3.63) is 90.3 Å². The topological polar surface area (TPSA) is 35.5 Å². The first kappa shape index (κ1) is 19.4. The maximum absolute atomic E-state index is 10.4. The lowest BCUT2D eigenvalue weighted by Gasteiger charge is -2.27. The van der Waals surface area contributed by atoms with Gasteiger partial charge in [-0.25, -0.2) is 0 Å². The number of hydrogen-bond donors (Lipinski definition) is 2. The second kappa shape index (κ2) is 8.94. The Labute approximate surface area is 156 Å². The summed E-state index contributed by atoms with van der Waals surface area (Å²) < 4.78 is 0. The number of likely N-dealkylation sites (N-methyl/N-ethyl adjacent to an activating group) is 1. The highest BCUT2D eigenvalue weighted by Gasteiger charge is 2.21. The predicted molar refractivity (Wildman–Crippen MR) is 110 cm³/mol. The molecule has 0 aliphatic rings. The van der Waals surface area contributed by atoms with E-state index in [1.165, 1.54) is 0 Å². The molecule has 2 unspecified atom stereocenters. The van der Waals surface area contributed by atoms with Crippen molar-refractivity contribution in [3.8, 4) is 11.8 Å². The van der Waals surface area contributed by atoms with Gasteiger partial charge in [-0.3, -0.25) is 0 Å². The summed E-state index contributed by atoms with van der Waals surface area (Å²) in [5.74, 6) is 6.13. The van der Waals surface area contributed by atoms with E-state index in [-0.39, 0.29) is 5.92 Å². The molecule has 0 aliphatic heterocycles. The van der Waals surface area contributed by atoms with Gasteiger partial charge >= 0.3 is 0 Å². The number of rotatable bonds is 6. The molecule has 0 aromatic heterocycles. The van der Waals surface area contributed by atoms with Gasteiger partial charge in [0.25, 0.3) is 0 Å². The Hall–Kier alpha value is -2.96. The van der Waals surface area contributed by atoms with E-state index in [1.54, 1.807) is 0 Å². The molecule has 2 aromatic rings. The van der Waals surface area contributed by atoms with E-state index >= 15 is 0 Å². The number of nitrogens with zero attached hydrogens (tertiary/aromatic N) is 1. The minimum atomic E-state index is -0.680. The Morgan fingerprint density at radius 2 is 1.50 bits per heavy atom. The molecule has 0 spiro atoms. The molecule has 0 amide bonds. The zero-order chi connectivity index (χ0) is 19.1. The lowest BCUT2D eigenvalue weighted by Crippen LogP contribution is -2.30. The van der Waals surface area contributed by atoms with Crippen LogP contribution < -0.4 is 5.32 Å². The monoisotopic (exact) mass is 346 g/mol. The third kappa shape index (κ3) is 5.27. The first-order valence-corrected chi connectivity index (χ1v) is 8.55. The summed E-state index contributed by atoms with van der Waals surface area (Å²) in [4.78, 5) is 1.81. The molecule has 2 atom stereocenters. The number of aliphatic hydroxyl groups excluding tert-OH is 1. The molecule has 0 saturated carbocycles. The molecule has 3 nitrogen and oxygen atoms in total. The molecule has 3 heteroatoms. The third-order valence-corrected chi connectivity index (χ3v) is 4.25. The van der Waals surface area contributed by atoms with Gasteiger partial charge in [0.15, 0.2) is 0 Å². The summed E-state index contributed by atoms with van der Waals surface area (Å²) in [5, 5.41) is 13.6. The fourth-order valence-electron chi connectivity index (χ4n) is 2.35. The van der Waals surface area contributed by atoms with Gasteiger partial charge in [-0.05, 0) is 36.4 Å². The first-order valence-electron chi connectivity index (χ1n) is 8.55. The molecule has 0 heterocycles. The van der Waals surface area contributed by atoms with E-state index in [0.29, 0.717) is 5.70 Å². The van der Waals surface area contributed by atoms with Crippen molar-refractivity contribution in [2.24, 2.45) is 5.92 Å². The lowest BCUT2D eigenvalue weighted by atomic mass is 9.98. The number of benzene rings is 2. The summed E-state index contributed by atoms with van der Waals surface area (Å²) in [5.41, 5.74) is 4.25. The van der Waals surface area contributed by atoms with Crippen molar-refractivity contribution in [2.75, 3.05) is 19.4 Å². The number of anilines is 1. The summed E-state index contributed by atoms with van der Waals surface area (Å²) in [6.45, 7) is 9.89. The van der Waals surface area contributed by atoms with Crippen molar-refractivity contribution in [3.63, 3.8) is 0 Å². The summed E-state index contributed by atoms with van der Waals surface area (Å²) >= 11 is 0. The van der Waals surface area contributed by atoms with E-state index in [2.05, 4.69) is 30.3 Å². The van der Waals surface area contributed by atoms with Crippen LogP contribution in [0.4, 0.5) is 5.69 Å². The van der Waals surface area contributed by atoms with Crippen LogP contribution in [0.2, 0.25) is 0 Å². The van der Waals surface area contributed by atoms with Crippen molar-refractivity contribution in [1.82, 2.24) is 4.90 Å². The normalized spacial score (nSPS) is 12.3. The summed E-state index contributed by atoms with van der Waals surface area (Å²) in [6.07, 6.45) is -0.680. The Morgan fingerprint density at radius 1 is 0.962 bits per heavy atom. The van der Waals surface area contributed by atoms with E-state index in [1.807, 2.05) is 80.5 Å². The molecule has 0 bridgehead atoms. The van der Waals surface area contributed by atoms with Crippen LogP contribution in [0.15, 0.2) is 79.1 Å². The highest BCUT2D eigenvalue weighted by Crippen LogP contribution is 2.21. The van der Waals surface area contributed by atoms with E-state index in [0.717, 1.165) is 22.5 Å². The molecule has 2 N–H and O–H groups in total. The van der Waals surface area contributed by atoms with Crippen LogP contribution in [0.1, 0.15) is 18.1 Å². The average Bonchev–Trinajstić information content (AvgIpc) is 2.66. The zero-order valence-corrected chi connectivity index (χ0v) is 15.7. The minimum Gasteiger partial charge on any atom is -0.386 e. The predicted octanol–water partition coefficient (Wildman–Crippen LogP) is 4.08. The highest BCUT2D eigenvalue weighted by molar-refractivity contribution is 5.53. The minimum absolute atomic E-state index is 0.164. The summed E-state index contributed by atoms with van der Waals surface area (Å²) in [6, 6.07) is 17.7. The number of nitrogens with one attached hydrogen (secondary N) is 1. The second-order valence-corrected chi connectivity index (χ2v) is 6.46. The van der Waals surface area contributed by atoms with E-state index in [9.17, 15) is 5.11 Å². The Kier molecular flexibility index (Phi) is 6.66. The maximum Gasteiger partial charge on any atom is 0.101 e. The smallest absolute Gasteiger partial charge is 0.101 e. The standard InChI is InChI=1S/C23H26N2O/c1-17(23(26)19(3)25(4)5)18(2)24-22-15-13-21(14-16-22)12-11-20-9-7-6-8-10-20/h6-10,13-17,23-24,26H,2-3H2,1,4-5H3. The fourth-order valence-corrected chi connectivity index (χ4v) is 2.35. The first-order chi connectivity index (χ1) is 12.4. The zero-order valence-electron chi connectivity index (χ0n) is 15.7. The Bertz CT molecular complexity index is 811. The molecule has 0 saturated heterocycles. The van der Waals surface area contributed by atoms with Gasteiger partial charge in [-0.15, -0.1) is 0 Å². The highest BCUT2D eigenvalue weighted by atomic mass is 16.3. The van der Waals surface area contributed by atoms with Gasteiger partial charge in [0.2, 0.25) is 0 Å². The van der Waals surface area contributed by atoms with Crippen LogP contribution in [0, 0.1) is 17.8 Å². The van der Waals surface area contributed by atoms with Gasteiger partial charge < -0.3 is 15.3 Å². The van der Waals surface area contributed by atoms with Crippen LogP contribution in [-0.4, -0.2) is 30.2 Å². The molecular weight excluding hydrogens is 320 g/mol. The van der Waals surface area contributed by atoms with Gasteiger partial charge in [0.1, 0.15) is 6.10 Å².